The van der Waals surface area contributed by atoms with Gasteiger partial charge in [0.1, 0.15) is 4.32 Å². The van der Waals surface area contributed by atoms with Crippen molar-refractivity contribution < 1.29 is 9.47 Å². The fourth-order valence-corrected chi connectivity index (χ4v) is 1.67. The summed E-state index contributed by atoms with van der Waals surface area (Å²) in [6.45, 7) is 0.749. The molecule has 0 heterocycles. The Labute approximate surface area is 111 Å². The maximum atomic E-state index is 5.31. The van der Waals surface area contributed by atoms with Gasteiger partial charge in [-0.15, -0.1) is 0 Å². The number of ether oxygens (including phenoxy) is 2. The van der Waals surface area contributed by atoms with Crippen molar-refractivity contribution in [2.75, 3.05) is 20.8 Å². The minimum absolute atomic E-state index is 0.602. The predicted octanol–water partition coefficient (Wildman–Crippen LogP) is 1.73. The first-order valence-corrected chi connectivity index (χ1v) is 6.35. The third-order valence-electron chi connectivity index (χ3n) is 2.24. The van der Waals surface area contributed by atoms with Crippen LogP contribution in [0, 0.1) is 0 Å². The number of benzene rings is 1. The largest absolute Gasteiger partial charge is 0.493 e. The zero-order valence-electron chi connectivity index (χ0n) is 9.86. The van der Waals surface area contributed by atoms with Crippen LogP contribution in [0.25, 0.3) is 0 Å². The highest BCUT2D eigenvalue weighted by atomic mass is 32.2. The molecule has 94 valence electrons. The lowest BCUT2D eigenvalue weighted by Gasteiger charge is -2.10. The number of nitrogens with one attached hydrogen (secondary N) is 1. The van der Waals surface area contributed by atoms with Gasteiger partial charge < -0.3 is 14.8 Å². The lowest BCUT2D eigenvalue weighted by Crippen LogP contribution is -2.22. The summed E-state index contributed by atoms with van der Waals surface area (Å²) in [6, 6.07) is 5.85. The summed E-state index contributed by atoms with van der Waals surface area (Å²) in [5.74, 6) is 1.47. The first-order chi connectivity index (χ1) is 8.21. The fraction of sp³-hybridized carbons (Fsp3) is 0.364. The molecule has 0 fully saturated rings. The van der Waals surface area contributed by atoms with Gasteiger partial charge in [-0.3, -0.25) is 5.14 Å². The zero-order valence-corrected chi connectivity index (χ0v) is 11.5. The molecule has 0 aliphatic carbocycles. The van der Waals surface area contributed by atoms with E-state index in [1.165, 1.54) is 0 Å². The van der Waals surface area contributed by atoms with Crippen LogP contribution in [0.3, 0.4) is 0 Å². The minimum atomic E-state index is 0.602. The van der Waals surface area contributed by atoms with Crippen molar-refractivity contribution in [3.05, 3.63) is 23.8 Å². The van der Waals surface area contributed by atoms with Crippen LogP contribution >= 0.6 is 24.2 Å². The minimum Gasteiger partial charge on any atom is -0.493 e. The molecule has 4 nitrogen and oxygen atoms in total. The van der Waals surface area contributed by atoms with Crippen molar-refractivity contribution in [1.29, 1.82) is 0 Å². The molecule has 1 rings (SSSR count). The smallest absolute Gasteiger partial charge is 0.160 e. The van der Waals surface area contributed by atoms with E-state index in [2.05, 4.69) is 5.32 Å². The molecule has 0 saturated carbocycles. The van der Waals surface area contributed by atoms with E-state index in [0.29, 0.717) is 4.32 Å². The standard InChI is InChI=1S/C11H16N2O2S2/c1-14-9-4-3-8(7-10(9)15-2)5-6-13-11(16)17-12/h3-4,7H,5-6,12H2,1-2H3,(H,13,16). The van der Waals surface area contributed by atoms with E-state index in [-0.39, 0.29) is 0 Å². The highest BCUT2D eigenvalue weighted by Gasteiger charge is 2.04. The number of rotatable bonds is 5. The second-order valence-corrected chi connectivity index (χ2v) is 4.58. The van der Waals surface area contributed by atoms with E-state index in [9.17, 15) is 0 Å². The monoisotopic (exact) mass is 272 g/mol. The molecular formula is C11H16N2O2S2. The number of nitrogens with two attached hydrogens (primary N) is 1. The molecule has 0 bridgehead atoms. The van der Waals surface area contributed by atoms with E-state index < -0.39 is 0 Å². The molecule has 0 saturated heterocycles. The van der Waals surface area contributed by atoms with Crippen LogP contribution in [0.4, 0.5) is 0 Å². The van der Waals surface area contributed by atoms with Crippen LogP contribution in [0.1, 0.15) is 5.56 Å². The molecule has 0 radical (unpaired) electrons. The lowest BCUT2D eigenvalue weighted by molar-refractivity contribution is 0.354. The van der Waals surface area contributed by atoms with Crippen molar-refractivity contribution in [2.45, 2.75) is 6.42 Å². The molecule has 0 aliphatic rings. The molecule has 1 aromatic carbocycles. The molecular weight excluding hydrogens is 256 g/mol. The van der Waals surface area contributed by atoms with Gasteiger partial charge in [0.15, 0.2) is 11.5 Å². The molecule has 17 heavy (non-hydrogen) atoms. The topological polar surface area (TPSA) is 56.5 Å². The maximum Gasteiger partial charge on any atom is 0.160 e. The molecule has 6 heteroatoms. The molecule has 3 N–H and O–H groups in total. The van der Waals surface area contributed by atoms with E-state index in [1.807, 2.05) is 18.2 Å². The van der Waals surface area contributed by atoms with E-state index in [1.54, 1.807) is 14.2 Å². The Kier molecular flexibility index (Phi) is 6.10. The van der Waals surface area contributed by atoms with Gasteiger partial charge in [0.25, 0.3) is 0 Å². The van der Waals surface area contributed by atoms with Gasteiger partial charge in [-0.25, -0.2) is 0 Å². The van der Waals surface area contributed by atoms with Gasteiger partial charge in [0.2, 0.25) is 0 Å². The number of hydrogen-bond acceptors (Lipinski definition) is 5. The summed E-state index contributed by atoms with van der Waals surface area (Å²) in [7, 11) is 3.25. The Morgan fingerprint density at radius 3 is 2.65 bits per heavy atom. The Hall–Kier alpha value is -0.980. The normalized spacial score (nSPS) is 9.82. The van der Waals surface area contributed by atoms with Crippen LogP contribution in [0.5, 0.6) is 11.5 Å². The van der Waals surface area contributed by atoms with E-state index in [0.717, 1.165) is 42.0 Å². The third-order valence-corrected chi connectivity index (χ3v) is 3.03. The number of thiocarbonyl (C=S) groups is 1. The number of hydrogen-bond donors (Lipinski definition) is 2. The van der Waals surface area contributed by atoms with Gasteiger partial charge in [-0.2, -0.15) is 0 Å². The molecule has 0 aromatic heterocycles. The zero-order chi connectivity index (χ0) is 12.7. The molecule has 0 amide bonds. The van der Waals surface area contributed by atoms with Gasteiger partial charge in [-0.1, -0.05) is 18.3 Å². The molecule has 0 atom stereocenters. The average Bonchev–Trinajstić information content (AvgIpc) is 2.38. The average molecular weight is 272 g/mol. The Morgan fingerprint density at radius 1 is 1.35 bits per heavy atom. The molecule has 1 aromatic rings. The van der Waals surface area contributed by atoms with Crippen molar-refractivity contribution in [3.63, 3.8) is 0 Å². The quantitative estimate of drug-likeness (QED) is 0.629. The fourth-order valence-electron chi connectivity index (χ4n) is 1.39. The van der Waals surface area contributed by atoms with Crippen molar-refractivity contribution in [3.8, 4) is 11.5 Å². The maximum absolute atomic E-state index is 5.31. The summed E-state index contributed by atoms with van der Waals surface area (Å²) in [5.41, 5.74) is 1.15. The predicted molar refractivity (Wildman–Crippen MR) is 75.6 cm³/mol. The van der Waals surface area contributed by atoms with Crippen LogP contribution in [-0.2, 0) is 6.42 Å². The van der Waals surface area contributed by atoms with E-state index in [4.69, 9.17) is 26.8 Å². The van der Waals surface area contributed by atoms with Crippen LogP contribution < -0.4 is 19.9 Å². The van der Waals surface area contributed by atoms with Crippen LogP contribution in [-0.4, -0.2) is 25.1 Å². The molecule has 0 aliphatic heterocycles. The summed E-state index contributed by atoms with van der Waals surface area (Å²) in [6.07, 6.45) is 0.848. The van der Waals surface area contributed by atoms with Gasteiger partial charge in [0.05, 0.1) is 14.2 Å². The van der Waals surface area contributed by atoms with Gasteiger partial charge in [0, 0.05) is 6.54 Å². The van der Waals surface area contributed by atoms with Gasteiger partial charge >= 0.3 is 0 Å². The number of methoxy groups -OCH3 is 2. The Balaban J connectivity index is 2.57. The molecule has 0 unspecified atom stereocenters. The Bertz CT molecular complexity index is 386. The SMILES string of the molecule is COc1ccc(CCNC(=S)SN)cc1OC. The Morgan fingerprint density at radius 2 is 2.06 bits per heavy atom. The third kappa shape index (κ3) is 4.41. The highest BCUT2D eigenvalue weighted by Crippen LogP contribution is 2.27. The van der Waals surface area contributed by atoms with Crippen molar-refractivity contribution in [1.82, 2.24) is 5.32 Å². The summed E-state index contributed by atoms with van der Waals surface area (Å²) in [4.78, 5) is 0. The lowest BCUT2D eigenvalue weighted by atomic mass is 10.1. The highest BCUT2D eigenvalue weighted by molar-refractivity contribution is 8.21. The summed E-state index contributed by atoms with van der Waals surface area (Å²) < 4.78 is 11.0. The second-order valence-electron chi connectivity index (χ2n) is 3.27. The first-order valence-electron chi connectivity index (χ1n) is 5.06. The van der Waals surface area contributed by atoms with Gasteiger partial charge in [-0.05, 0) is 36.1 Å². The summed E-state index contributed by atoms with van der Waals surface area (Å²) >= 11 is 5.99. The van der Waals surface area contributed by atoms with Crippen molar-refractivity contribution >= 4 is 28.5 Å². The first kappa shape index (κ1) is 14.1. The van der Waals surface area contributed by atoms with E-state index >= 15 is 0 Å². The van der Waals surface area contributed by atoms with Crippen LogP contribution in [0.15, 0.2) is 18.2 Å². The molecule has 0 spiro atoms. The van der Waals surface area contributed by atoms with Crippen LogP contribution in [0.2, 0.25) is 0 Å². The second kappa shape index (κ2) is 7.37. The summed E-state index contributed by atoms with van der Waals surface area (Å²) in [5, 5.41) is 8.36. The van der Waals surface area contributed by atoms with Crippen molar-refractivity contribution in [2.24, 2.45) is 5.14 Å².